The van der Waals surface area contributed by atoms with Gasteiger partial charge in [0, 0.05) is 9.37 Å². The molecule has 29 heavy (non-hydrogen) atoms. The molecule has 1 aliphatic rings. The lowest BCUT2D eigenvalue weighted by molar-refractivity contribution is -0.118. The largest absolute Gasteiger partial charge is 0.272 e. The van der Waals surface area contributed by atoms with Gasteiger partial charge in [0.05, 0.1) is 11.5 Å². The molecule has 3 rings (SSSR count). The Bertz CT molecular complexity index is 886. The van der Waals surface area contributed by atoms with E-state index in [1.807, 2.05) is 6.92 Å². The Morgan fingerprint density at radius 2 is 1.79 bits per heavy atom. The fourth-order valence-corrected chi connectivity index (χ4v) is 5.08. The van der Waals surface area contributed by atoms with Crippen molar-refractivity contribution in [1.29, 1.82) is 0 Å². The fraction of sp³-hybridized carbons (Fsp3) is 0.417. The van der Waals surface area contributed by atoms with Crippen LogP contribution in [-0.2, 0) is 4.79 Å². The first-order chi connectivity index (χ1) is 13.9. The number of benzene rings is 2. The van der Waals surface area contributed by atoms with Crippen LogP contribution in [0.4, 0.5) is 0 Å². The van der Waals surface area contributed by atoms with E-state index in [4.69, 9.17) is 0 Å². The quantitative estimate of drug-likeness (QED) is 0.287. The van der Waals surface area contributed by atoms with Gasteiger partial charge in [-0.2, -0.15) is 5.10 Å². The van der Waals surface area contributed by atoms with Gasteiger partial charge in [0.1, 0.15) is 0 Å². The topological polar surface area (TPSA) is 41.5 Å². The molecule has 0 atom stereocenters. The van der Waals surface area contributed by atoms with Crippen LogP contribution in [0.1, 0.15) is 67.2 Å². The van der Waals surface area contributed by atoms with E-state index in [-0.39, 0.29) is 5.91 Å². The lowest BCUT2D eigenvalue weighted by atomic mass is 9.84. The van der Waals surface area contributed by atoms with Crippen LogP contribution in [0.3, 0.4) is 0 Å². The number of carbonyl (C=O) groups is 1. The predicted molar refractivity (Wildman–Crippen MR) is 127 cm³/mol. The zero-order chi connectivity index (χ0) is 20.8. The summed E-state index contributed by atoms with van der Waals surface area (Å²) in [5.74, 6) is 0.963. The number of hydrogen-bond acceptors (Lipinski definition) is 3. The zero-order valence-electron chi connectivity index (χ0n) is 17.4. The molecule has 1 fully saturated rings. The number of nitrogens with one attached hydrogen (secondary N) is 1. The van der Waals surface area contributed by atoms with Gasteiger partial charge in [-0.05, 0) is 73.9 Å². The average molecular weight is 473 g/mol. The minimum absolute atomic E-state index is 0.0897. The van der Waals surface area contributed by atoms with Crippen molar-refractivity contribution in [1.82, 2.24) is 5.43 Å². The van der Waals surface area contributed by atoms with Crippen LogP contribution in [0.5, 0.6) is 0 Å². The molecule has 2 aromatic carbocycles. The van der Waals surface area contributed by atoms with Crippen LogP contribution in [0.15, 0.2) is 50.9 Å². The molecule has 0 radical (unpaired) electrons. The highest BCUT2D eigenvalue weighted by molar-refractivity contribution is 9.10. The Hall–Kier alpha value is -1.59. The number of thioether (sulfide) groups is 1. The molecule has 2 aromatic rings. The van der Waals surface area contributed by atoms with E-state index < -0.39 is 0 Å². The molecule has 0 spiro atoms. The summed E-state index contributed by atoms with van der Waals surface area (Å²) in [6, 6.07) is 12.9. The molecule has 154 valence electrons. The van der Waals surface area contributed by atoms with Crippen molar-refractivity contribution in [3.8, 4) is 0 Å². The van der Waals surface area contributed by atoms with E-state index >= 15 is 0 Å². The van der Waals surface area contributed by atoms with E-state index in [1.165, 1.54) is 43.2 Å². The number of aryl methyl sites for hydroxylation is 2. The Morgan fingerprint density at radius 1 is 1.10 bits per heavy atom. The normalized spacial score (nSPS) is 15.4. The van der Waals surface area contributed by atoms with Crippen LogP contribution < -0.4 is 5.43 Å². The summed E-state index contributed by atoms with van der Waals surface area (Å²) in [7, 11) is 0. The molecule has 1 N–H and O–H groups in total. The van der Waals surface area contributed by atoms with Gasteiger partial charge in [-0.3, -0.25) is 4.79 Å². The van der Waals surface area contributed by atoms with E-state index in [9.17, 15) is 4.79 Å². The lowest BCUT2D eigenvalue weighted by Crippen LogP contribution is -2.21. The highest BCUT2D eigenvalue weighted by atomic mass is 79.9. The number of hydrogen-bond donors (Lipinski definition) is 1. The van der Waals surface area contributed by atoms with Crippen LogP contribution in [0.2, 0.25) is 0 Å². The minimum Gasteiger partial charge on any atom is -0.272 e. The molecule has 0 aromatic heterocycles. The Labute approximate surface area is 186 Å². The van der Waals surface area contributed by atoms with Crippen molar-refractivity contribution in [2.75, 3.05) is 5.75 Å². The maximum atomic E-state index is 12.2. The second kappa shape index (κ2) is 10.4. The van der Waals surface area contributed by atoms with Gasteiger partial charge >= 0.3 is 0 Å². The minimum atomic E-state index is -0.0897. The van der Waals surface area contributed by atoms with E-state index in [0.29, 0.717) is 11.7 Å². The van der Waals surface area contributed by atoms with Crippen LogP contribution in [0.25, 0.3) is 0 Å². The van der Waals surface area contributed by atoms with Crippen LogP contribution in [0, 0.1) is 13.8 Å². The first kappa shape index (κ1) is 22.1. The first-order valence-electron chi connectivity index (χ1n) is 10.3. The van der Waals surface area contributed by atoms with Crippen LogP contribution in [-0.4, -0.2) is 17.4 Å². The van der Waals surface area contributed by atoms with Crippen molar-refractivity contribution >= 4 is 39.3 Å². The van der Waals surface area contributed by atoms with E-state index in [1.54, 1.807) is 11.8 Å². The second-order valence-electron chi connectivity index (χ2n) is 7.84. The van der Waals surface area contributed by atoms with Crippen molar-refractivity contribution < 1.29 is 4.79 Å². The number of amides is 1. The Balaban J connectivity index is 1.53. The molecular weight excluding hydrogens is 444 g/mol. The number of nitrogens with zero attached hydrogens (tertiary/aromatic N) is 1. The van der Waals surface area contributed by atoms with Gasteiger partial charge < -0.3 is 0 Å². The maximum absolute atomic E-state index is 12.2. The first-order valence-corrected chi connectivity index (χ1v) is 12.0. The number of carbonyl (C=O) groups excluding carboxylic acids is 1. The summed E-state index contributed by atoms with van der Waals surface area (Å²) in [6.45, 7) is 6.05. The summed E-state index contributed by atoms with van der Waals surface area (Å²) in [5.41, 5.74) is 8.34. The Morgan fingerprint density at radius 3 is 2.48 bits per heavy atom. The number of halogens is 1. The third-order valence-electron chi connectivity index (χ3n) is 5.57. The summed E-state index contributed by atoms with van der Waals surface area (Å²) in [5, 5.41) is 4.30. The molecule has 1 amide bonds. The molecule has 0 bridgehead atoms. The van der Waals surface area contributed by atoms with E-state index in [0.717, 1.165) is 26.2 Å². The third kappa shape index (κ3) is 6.19. The molecule has 1 saturated carbocycles. The summed E-state index contributed by atoms with van der Waals surface area (Å²) in [6.07, 6.45) is 6.67. The molecule has 3 nitrogen and oxygen atoms in total. The van der Waals surface area contributed by atoms with Gasteiger partial charge in [-0.25, -0.2) is 5.43 Å². The molecule has 0 aliphatic heterocycles. The van der Waals surface area contributed by atoms with Gasteiger partial charge in [-0.1, -0.05) is 59.5 Å². The Kier molecular flexibility index (Phi) is 7.96. The third-order valence-corrected chi connectivity index (χ3v) is 7.58. The van der Waals surface area contributed by atoms with Crippen molar-refractivity contribution in [2.24, 2.45) is 5.10 Å². The molecule has 0 heterocycles. The van der Waals surface area contributed by atoms with Crippen molar-refractivity contribution in [3.05, 3.63) is 63.1 Å². The van der Waals surface area contributed by atoms with Crippen molar-refractivity contribution in [3.63, 3.8) is 0 Å². The highest BCUT2D eigenvalue weighted by Gasteiger charge is 2.15. The smallest absolute Gasteiger partial charge is 0.250 e. The maximum Gasteiger partial charge on any atom is 0.250 e. The number of rotatable bonds is 6. The van der Waals surface area contributed by atoms with Crippen molar-refractivity contribution in [2.45, 2.75) is 63.7 Å². The standard InChI is InChI=1S/C24H29BrN2OS/c1-16-14-23(17(2)13-22(16)25)29-15-24(28)27-26-18(3)19-9-11-21(12-10-19)20-7-5-4-6-8-20/h9-14,20H,4-8,15H2,1-3H3,(H,27,28)/b26-18-. The molecule has 0 saturated heterocycles. The monoisotopic (exact) mass is 472 g/mol. The predicted octanol–water partition coefficient (Wildman–Crippen LogP) is 6.75. The lowest BCUT2D eigenvalue weighted by Gasteiger charge is -2.22. The van der Waals surface area contributed by atoms with Gasteiger partial charge in [0.25, 0.3) is 0 Å². The zero-order valence-corrected chi connectivity index (χ0v) is 19.8. The molecule has 5 heteroatoms. The molecular formula is C24H29BrN2OS. The fourth-order valence-electron chi connectivity index (χ4n) is 3.73. The van der Waals surface area contributed by atoms with Gasteiger partial charge in [0.2, 0.25) is 5.91 Å². The van der Waals surface area contributed by atoms with E-state index in [2.05, 4.69) is 76.7 Å². The highest BCUT2D eigenvalue weighted by Crippen LogP contribution is 2.32. The number of hydrazone groups is 1. The van der Waals surface area contributed by atoms with Gasteiger partial charge in [-0.15, -0.1) is 11.8 Å². The average Bonchev–Trinajstić information content (AvgIpc) is 2.74. The summed E-state index contributed by atoms with van der Waals surface area (Å²) < 4.78 is 1.10. The second-order valence-corrected chi connectivity index (χ2v) is 9.72. The van der Waals surface area contributed by atoms with Gasteiger partial charge in [0.15, 0.2) is 0 Å². The SMILES string of the molecule is C/C(=N/NC(=O)CSc1cc(C)c(Br)cc1C)c1ccc(C2CCCCC2)cc1. The van der Waals surface area contributed by atoms with Crippen LogP contribution >= 0.6 is 27.7 Å². The summed E-state index contributed by atoms with van der Waals surface area (Å²) >= 11 is 5.08. The molecule has 1 aliphatic carbocycles. The molecule has 0 unspecified atom stereocenters. The summed E-state index contributed by atoms with van der Waals surface area (Å²) in [4.78, 5) is 13.4.